The number of rotatable bonds is 4. The zero-order chi connectivity index (χ0) is 20.9. The molecule has 0 atom stereocenters. The summed E-state index contributed by atoms with van der Waals surface area (Å²) in [6, 6.07) is 23.8. The lowest BCUT2D eigenvalue weighted by atomic mass is 10.1. The molecule has 0 aromatic heterocycles. The Morgan fingerprint density at radius 2 is 1.73 bits per heavy atom. The van der Waals surface area contributed by atoms with E-state index in [4.69, 9.17) is 9.98 Å². The van der Waals surface area contributed by atoms with Gasteiger partial charge in [0, 0.05) is 16.6 Å². The average molecular weight is 478 g/mol. The van der Waals surface area contributed by atoms with Crippen molar-refractivity contribution in [1.82, 2.24) is 0 Å². The zero-order valence-electron chi connectivity index (χ0n) is 16.4. The molecule has 0 spiro atoms. The molecule has 1 heterocycles. The first-order chi connectivity index (χ1) is 14.6. The van der Waals surface area contributed by atoms with Crippen molar-refractivity contribution in [1.29, 1.82) is 0 Å². The van der Waals surface area contributed by atoms with Gasteiger partial charge in [0.05, 0.1) is 27.9 Å². The van der Waals surface area contributed by atoms with E-state index in [0.29, 0.717) is 6.42 Å². The average Bonchev–Trinajstić information content (AvgIpc) is 2.92. The molecule has 0 aliphatic carbocycles. The summed E-state index contributed by atoms with van der Waals surface area (Å²) in [4.78, 5) is 22.1. The van der Waals surface area contributed by atoms with Crippen LogP contribution in [0.1, 0.15) is 17.5 Å². The SMILES string of the molecule is Cc1ccc(C2=Nc3ccccc3N=C(SCC(=O)Nc3cccc(Br)c3)C2)cc1. The third-order valence-corrected chi connectivity index (χ3v) is 6.03. The van der Waals surface area contributed by atoms with E-state index in [-0.39, 0.29) is 11.7 Å². The fourth-order valence-electron chi connectivity index (χ4n) is 3.06. The second kappa shape index (κ2) is 9.41. The van der Waals surface area contributed by atoms with Gasteiger partial charge < -0.3 is 5.32 Å². The third-order valence-electron chi connectivity index (χ3n) is 4.56. The van der Waals surface area contributed by atoms with Gasteiger partial charge in [-0.15, -0.1) is 11.8 Å². The molecule has 4 rings (SSSR count). The van der Waals surface area contributed by atoms with Crippen molar-refractivity contribution in [3.8, 4) is 0 Å². The lowest BCUT2D eigenvalue weighted by molar-refractivity contribution is -0.113. The van der Waals surface area contributed by atoms with E-state index in [9.17, 15) is 4.79 Å². The van der Waals surface area contributed by atoms with Crippen molar-refractivity contribution in [2.75, 3.05) is 11.1 Å². The Morgan fingerprint density at radius 1 is 1.00 bits per heavy atom. The minimum Gasteiger partial charge on any atom is -0.325 e. The van der Waals surface area contributed by atoms with Crippen LogP contribution in [0.3, 0.4) is 0 Å². The number of nitrogens with zero attached hydrogens (tertiary/aromatic N) is 2. The van der Waals surface area contributed by atoms with Crippen molar-refractivity contribution in [3.63, 3.8) is 0 Å². The summed E-state index contributed by atoms with van der Waals surface area (Å²) in [5.74, 6) is 0.224. The highest BCUT2D eigenvalue weighted by atomic mass is 79.9. The summed E-state index contributed by atoms with van der Waals surface area (Å²) in [5, 5.41) is 3.81. The normalized spacial score (nSPS) is 13.0. The highest BCUT2D eigenvalue weighted by Crippen LogP contribution is 2.33. The fraction of sp³-hybridized carbons (Fsp3) is 0.125. The predicted octanol–water partition coefficient (Wildman–Crippen LogP) is 6.68. The lowest BCUT2D eigenvalue weighted by Gasteiger charge is -2.09. The number of para-hydroxylation sites is 2. The van der Waals surface area contributed by atoms with Crippen LogP contribution in [0, 0.1) is 6.92 Å². The number of anilines is 1. The second-order valence-electron chi connectivity index (χ2n) is 6.94. The minimum atomic E-state index is -0.0628. The maximum atomic E-state index is 12.5. The largest absolute Gasteiger partial charge is 0.325 e. The number of carbonyl (C=O) groups is 1. The number of nitrogens with one attached hydrogen (secondary N) is 1. The number of aryl methyl sites for hydroxylation is 1. The number of aliphatic imine (C=N–C) groups is 2. The number of halogens is 1. The highest BCUT2D eigenvalue weighted by Gasteiger charge is 2.16. The van der Waals surface area contributed by atoms with Gasteiger partial charge in [0.25, 0.3) is 0 Å². The maximum absolute atomic E-state index is 12.5. The predicted molar refractivity (Wildman–Crippen MR) is 131 cm³/mol. The summed E-state index contributed by atoms with van der Waals surface area (Å²) < 4.78 is 0.927. The molecule has 1 N–H and O–H groups in total. The van der Waals surface area contributed by atoms with Gasteiger partial charge in [0.15, 0.2) is 0 Å². The number of hydrogen-bond donors (Lipinski definition) is 1. The first kappa shape index (κ1) is 20.6. The molecule has 3 aromatic carbocycles. The fourth-order valence-corrected chi connectivity index (χ4v) is 4.23. The molecule has 0 radical (unpaired) electrons. The van der Waals surface area contributed by atoms with Gasteiger partial charge in [-0.05, 0) is 42.8 Å². The van der Waals surface area contributed by atoms with Crippen LogP contribution in [0.25, 0.3) is 0 Å². The molecule has 0 fully saturated rings. The first-order valence-electron chi connectivity index (χ1n) is 9.56. The molecule has 6 heteroatoms. The van der Waals surface area contributed by atoms with Crippen molar-refractivity contribution < 1.29 is 4.79 Å². The first-order valence-corrected chi connectivity index (χ1v) is 11.3. The van der Waals surface area contributed by atoms with Crippen molar-refractivity contribution in [2.24, 2.45) is 9.98 Å². The standard InChI is InChI=1S/C24H20BrN3OS/c1-16-9-11-17(12-10-16)22-14-24(28-21-8-3-2-7-20(21)27-22)30-15-23(29)26-19-6-4-5-18(25)13-19/h2-13H,14-15H2,1H3,(H,26,29). The van der Waals surface area contributed by atoms with Gasteiger partial charge in [0.1, 0.15) is 0 Å². The Kier molecular flexibility index (Phi) is 6.45. The number of benzene rings is 3. The summed E-state index contributed by atoms with van der Waals surface area (Å²) >= 11 is 4.87. The van der Waals surface area contributed by atoms with E-state index >= 15 is 0 Å². The van der Waals surface area contributed by atoms with E-state index in [1.165, 1.54) is 17.3 Å². The van der Waals surface area contributed by atoms with Crippen molar-refractivity contribution in [2.45, 2.75) is 13.3 Å². The van der Waals surface area contributed by atoms with Gasteiger partial charge >= 0.3 is 0 Å². The number of carbonyl (C=O) groups excluding carboxylic acids is 1. The van der Waals surface area contributed by atoms with E-state index < -0.39 is 0 Å². The Balaban J connectivity index is 1.52. The van der Waals surface area contributed by atoms with Gasteiger partial charge in [-0.1, -0.05) is 64.0 Å². The van der Waals surface area contributed by atoms with Crippen molar-refractivity contribution >= 4 is 61.4 Å². The molecule has 0 bridgehead atoms. The van der Waals surface area contributed by atoms with Crippen LogP contribution in [0.15, 0.2) is 87.3 Å². The molecule has 1 aliphatic rings. The number of thioether (sulfide) groups is 1. The van der Waals surface area contributed by atoms with Gasteiger partial charge in [0.2, 0.25) is 5.91 Å². The second-order valence-corrected chi connectivity index (χ2v) is 8.91. The monoisotopic (exact) mass is 477 g/mol. The summed E-state index contributed by atoms with van der Waals surface area (Å²) in [6.07, 6.45) is 0.590. The Labute approximate surface area is 188 Å². The van der Waals surface area contributed by atoms with Crippen molar-refractivity contribution in [3.05, 3.63) is 88.4 Å². The number of hydrogen-bond acceptors (Lipinski definition) is 4. The Bertz CT molecular complexity index is 1140. The topological polar surface area (TPSA) is 53.8 Å². The minimum absolute atomic E-state index is 0.0628. The molecule has 1 aliphatic heterocycles. The summed E-state index contributed by atoms with van der Waals surface area (Å²) in [7, 11) is 0. The molecule has 0 saturated carbocycles. The lowest BCUT2D eigenvalue weighted by Crippen LogP contribution is -2.16. The Morgan fingerprint density at radius 3 is 2.47 bits per heavy atom. The molecule has 0 unspecified atom stereocenters. The molecule has 3 aromatic rings. The van der Waals surface area contributed by atoms with E-state index in [2.05, 4.69) is 52.4 Å². The van der Waals surface area contributed by atoms with Crippen LogP contribution in [0.5, 0.6) is 0 Å². The van der Waals surface area contributed by atoms with Gasteiger partial charge in [-0.2, -0.15) is 0 Å². The van der Waals surface area contributed by atoms with Gasteiger partial charge in [-0.25, -0.2) is 4.99 Å². The van der Waals surface area contributed by atoms with Crippen LogP contribution >= 0.6 is 27.7 Å². The molecular weight excluding hydrogens is 458 g/mol. The summed E-state index contributed by atoms with van der Waals surface area (Å²) in [6.45, 7) is 2.07. The maximum Gasteiger partial charge on any atom is 0.234 e. The molecular formula is C24H20BrN3OS. The van der Waals surface area contributed by atoms with Crippen LogP contribution in [0.4, 0.5) is 17.1 Å². The molecule has 0 saturated heterocycles. The van der Waals surface area contributed by atoms with Crippen LogP contribution in [-0.2, 0) is 4.79 Å². The molecule has 150 valence electrons. The van der Waals surface area contributed by atoms with Crippen LogP contribution < -0.4 is 5.32 Å². The van der Waals surface area contributed by atoms with Crippen LogP contribution in [0.2, 0.25) is 0 Å². The van der Waals surface area contributed by atoms with Gasteiger partial charge in [-0.3, -0.25) is 9.79 Å². The number of amides is 1. The number of fused-ring (bicyclic) bond motifs is 1. The smallest absolute Gasteiger partial charge is 0.234 e. The van der Waals surface area contributed by atoms with E-state index in [1.54, 1.807) is 0 Å². The van der Waals surface area contributed by atoms with E-state index in [0.717, 1.165) is 37.9 Å². The third kappa shape index (κ3) is 5.26. The zero-order valence-corrected chi connectivity index (χ0v) is 18.8. The highest BCUT2D eigenvalue weighted by molar-refractivity contribution is 9.10. The van der Waals surface area contributed by atoms with E-state index in [1.807, 2.05) is 48.5 Å². The quantitative estimate of drug-likeness (QED) is 0.455. The molecule has 1 amide bonds. The summed E-state index contributed by atoms with van der Waals surface area (Å²) in [5.41, 5.74) is 5.69. The van der Waals surface area contributed by atoms with Crippen LogP contribution in [-0.4, -0.2) is 22.4 Å². The molecule has 30 heavy (non-hydrogen) atoms. The Hall–Kier alpha value is -2.70. The molecule has 4 nitrogen and oxygen atoms in total.